The molecule has 1 aromatic heterocycles. The van der Waals surface area contributed by atoms with Crippen LogP contribution in [0.2, 0.25) is 0 Å². The minimum absolute atomic E-state index is 0.0319. The lowest BCUT2D eigenvalue weighted by molar-refractivity contribution is -0.140. The molecule has 0 bridgehead atoms. The summed E-state index contributed by atoms with van der Waals surface area (Å²) >= 11 is 3.91. The number of nitrogens with zero attached hydrogens (tertiary/aromatic N) is 3. The largest absolute Gasteiger partial charge is 0.406 e. The lowest BCUT2D eigenvalue weighted by Gasteiger charge is -2.21. The molecule has 1 amide bonds. The molecular formula is C7H7BrF3N3OS. The number of carbonyl (C=O) groups is 1. The molecule has 1 heterocycles. The zero-order chi connectivity index (χ0) is 12.2. The van der Waals surface area contributed by atoms with E-state index >= 15 is 0 Å². The van der Waals surface area contributed by atoms with Crippen molar-refractivity contribution in [2.24, 2.45) is 0 Å². The van der Waals surface area contributed by atoms with Crippen LogP contribution in [0, 0.1) is 0 Å². The Labute approximate surface area is 102 Å². The number of hydrogen-bond acceptors (Lipinski definition) is 4. The van der Waals surface area contributed by atoms with Crippen LogP contribution in [0.4, 0.5) is 13.2 Å². The second-order valence-electron chi connectivity index (χ2n) is 2.82. The molecule has 0 saturated carbocycles. The maximum atomic E-state index is 12.2. The van der Waals surface area contributed by atoms with Crippen molar-refractivity contribution in [2.45, 2.75) is 6.18 Å². The minimum Gasteiger partial charge on any atom is -0.327 e. The molecule has 0 fully saturated rings. The van der Waals surface area contributed by atoms with Gasteiger partial charge in [0.15, 0.2) is 5.69 Å². The number of rotatable bonds is 4. The minimum atomic E-state index is -4.42. The fraction of sp³-hybridized carbons (Fsp3) is 0.571. The SMILES string of the molecule is O=C(c1csnn1)N(CCBr)CC(F)(F)F. The van der Waals surface area contributed by atoms with Gasteiger partial charge in [0.05, 0.1) is 0 Å². The van der Waals surface area contributed by atoms with Crippen LogP contribution in [0.5, 0.6) is 0 Å². The van der Waals surface area contributed by atoms with Gasteiger partial charge in [0.25, 0.3) is 5.91 Å². The fourth-order valence-corrected chi connectivity index (χ4v) is 1.85. The van der Waals surface area contributed by atoms with Crippen LogP contribution in [0.15, 0.2) is 5.38 Å². The highest BCUT2D eigenvalue weighted by Crippen LogP contribution is 2.18. The molecule has 9 heteroatoms. The van der Waals surface area contributed by atoms with Gasteiger partial charge >= 0.3 is 6.18 Å². The quantitative estimate of drug-likeness (QED) is 0.797. The van der Waals surface area contributed by atoms with Gasteiger partial charge in [-0.05, 0) is 11.5 Å². The predicted molar refractivity (Wildman–Crippen MR) is 55.7 cm³/mol. The van der Waals surface area contributed by atoms with Gasteiger partial charge in [0, 0.05) is 17.3 Å². The van der Waals surface area contributed by atoms with E-state index in [2.05, 4.69) is 25.5 Å². The summed E-state index contributed by atoms with van der Waals surface area (Å²) in [5.41, 5.74) is -0.0600. The van der Waals surface area contributed by atoms with Crippen LogP contribution in [-0.2, 0) is 0 Å². The van der Waals surface area contributed by atoms with E-state index in [1.54, 1.807) is 0 Å². The highest BCUT2D eigenvalue weighted by atomic mass is 79.9. The summed E-state index contributed by atoms with van der Waals surface area (Å²) in [6.07, 6.45) is -4.42. The molecule has 0 aromatic carbocycles. The molecule has 0 radical (unpaired) electrons. The van der Waals surface area contributed by atoms with Crippen molar-refractivity contribution in [3.8, 4) is 0 Å². The van der Waals surface area contributed by atoms with Gasteiger partial charge < -0.3 is 4.90 Å². The van der Waals surface area contributed by atoms with Crippen LogP contribution in [0.1, 0.15) is 10.5 Å². The first-order chi connectivity index (χ1) is 7.44. The summed E-state index contributed by atoms with van der Waals surface area (Å²) in [7, 11) is 0. The zero-order valence-electron chi connectivity index (χ0n) is 7.87. The topological polar surface area (TPSA) is 46.1 Å². The van der Waals surface area contributed by atoms with Gasteiger partial charge in [-0.2, -0.15) is 13.2 Å². The second kappa shape index (κ2) is 5.58. The molecule has 0 aliphatic carbocycles. The summed E-state index contributed by atoms with van der Waals surface area (Å²) in [5.74, 6) is -0.759. The highest BCUT2D eigenvalue weighted by molar-refractivity contribution is 9.09. The zero-order valence-corrected chi connectivity index (χ0v) is 10.3. The standard InChI is InChI=1S/C7H7BrF3N3OS/c8-1-2-14(4-7(9,10)11)6(15)5-3-16-13-12-5/h3H,1-2,4H2. The van der Waals surface area contributed by atoms with E-state index in [4.69, 9.17) is 0 Å². The van der Waals surface area contributed by atoms with Crippen LogP contribution in [-0.4, -0.2) is 45.0 Å². The number of halogens is 4. The Morgan fingerprint density at radius 1 is 1.56 bits per heavy atom. The molecule has 0 spiro atoms. The summed E-state index contributed by atoms with van der Waals surface area (Å²) in [6, 6.07) is 0. The van der Waals surface area contributed by atoms with E-state index in [1.807, 2.05) is 0 Å². The molecule has 0 atom stereocenters. The molecule has 4 nitrogen and oxygen atoms in total. The Morgan fingerprint density at radius 2 is 2.25 bits per heavy atom. The van der Waals surface area contributed by atoms with Crippen LogP contribution < -0.4 is 0 Å². The average molecular weight is 318 g/mol. The molecule has 0 aliphatic heterocycles. The normalized spacial score (nSPS) is 11.5. The number of aromatic nitrogens is 2. The van der Waals surface area contributed by atoms with E-state index in [-0.39, 0.29) is 17.6 Å². The molecular weight excluding hydrogens is 311 g/mol. The van der Waals surface area contributed by atoms with Gasteiger partial charge in [0.1, 0.15) is 6.54 Å². The second-order valence-corrected chi connectivity index (χ2v) is 4.22. The lowest BCUT2D eigenvalue weighted by Crippen LogP contribution is -2.40. The van der Waals surface area contributed by atoms with Crippen molar-refractivity contribution in [2.75, 3.05) is 18.4 Å². The summed E-state index contributed by atoms with van der Waals surface area (Å²) in [4.78, 5) is 12.3. The lowest BCUT2D eigenvalue weighted by atomic mass is 10.4. The molecule has 16 heavy (non-hydrogen) atoms. The van der Waals surface area contributed by atoms with Gasteiger partial charge in [-0.15, -0.1) is 5.10 Å². The van der Waals surface area contributed by atoms with Crippen molar-refractivity contribution in [1.82, 2.24) is 14.5 Å². The first kappa shape index (κ1) is 13.4. The van der Waals surface area contributed by atoms with Gasteiger partial charge in [-0.25, -0.2) is 0 Å². The van der Waals surface area contributed by atoms with Crippen molar-refractivity contribution in [3.63, 3.8) is 0 Å². The van der Waals surface area contributed by atoms with E-state index in [0.29, 0.717) is 4.90 Å². The number of amides is 1. The molecule has 0 N–H and O–H groups in total. The smallest absolute Gasteiger partial charge is 0.327 e. The summed E-state index contributed by atoms with van der Waals surface area (Å²) in [5, 5.41) is 5.03. The first-order valence-electron chi connectivity index (χ1n) is 4.13. The maximum Gasteiger partial charge on any atom is 0.406 e. The average Bonchev–Trinajstić information content (AvgIpc) is 2.66. The molecule has 1 aromatic rings. The van der Waals surface area contributed by atoms with Crippen molar-refractivity contribution in [3.05, 3.63) is 11.1 Å². The molecule has 0 saturated heterocycles. The molecule has 0 aliphatic rings. The van der Waals surface area contributed by atoms with Crippen LogP contribution in [0.25, 0.3) is 0 Å². The van der Waals surface area contributed by atoms with Crippen molar-refractivity contribution < 1.29 is 18.0 Å². The predicted octanol–water partition coefficient (Wildman–Crippen LogP) is 1.94. The van der Waals surface area contributed by atoms with Crippen molar-refractivity contribution in [1.29, 1.82) is 0 Å². The molecule has 90 valence electrons. The van der Waals surface area contributed by atoms with E-state index in [0.717, 1.165) is 11.5 Å². The number of alkyl halides is 4. The Kier molecular flexibility index (Phi) is 4.66. The Balaban J connectivity index is 2.74. The van der Waals surface area contributed by atoms with E-state index in [1.165, 1.54) is 5.38 Å². The number of carbonyl (C=O) groups excluding carboxylic acids is 1. The Hall–Kier alpha value is -0.700. The van der Waals surface area contributed by atoms with Crippen LogP contribution in [0.3, 0.4) is 0 Å². The van der Waals surface area contributed by atoms with Gasteiger partial charge in [-0.1, -0.05) is 20.4 Å². The van der Waals surface area contributed by atoms with E-state index < -0.39 is 18.6 Å². The summed E-state index contributed by atoms with van der Waals surface area (Å²) in [6.45, 7) is -1.31. The first-order valence-corrected chi connectivity index (χ1v) is 6.09. The van der Waals surface area contributed by atoms with E-state index in [9.17, 15) is 18.0 Å². The third kappa shape index (κ3) is 4.05. The van der Waals surface area contributed by atoms with Crippen molar-refractivity contribution >= 4 is 33.4 Å². The van der Waals surface area contributed by atoms with Gasteiger partial charge in [0.2, 0.25) is 0 Å². The molecule has 0 unspecified atom stereocenters. The molecule has 1 rings (SSSR count). The summed E-state index contributed by atoms with van der Waals surface area (Å²) < 4.78 is 40.0. The Morgan fingerprint density at radius 3 is 2.69 bits per heavy atom. The highest BCUT2D eigenvalue weighted by Gasteiger charge is 2.33. The van der Waals surface area contributed by atoms with Gasteiger partial charge in [-0.3, -0.25) is 4.79 Å². The Bertz CT molecular complexity index is 343. The fourth-order valence-electron chi connectivity index (χ4n) is 0.991. The maximum absolute atomic E-state index is 12.2. The van der Waals surface area contributed by atoms with Crippen LogP contribution >= 0.6 is 27.5 Å². The number of hydrogen-bond donors (Lipinski definition) is 0. The third-order valence-electron chi connectivity index (χ3n) is 1.59. The monoisotopic (exact) mass is 317 g/mol. The third-order valence-corrected chi connectivity index (χ3v) is 2.45.